The average molecular weight is 264 g/mol. The van der Waals surface area contributed by atoms with Gasteiger partial charge in [-0.05, 0) is 29.7 Å². The first-order valence-corrected chi connectivity index (χ1v) is 6.45. The standard InChI is InChI=1S/C15H24N2O2/c1-15(2,10-16)11-17(3)14(18)9-12-6-5-7-13(8-12)19-4/h5-8H,9-11,16H2,1-4H3. The quantitative estimate of drug-likeness (QED) is 0.850. The van der Waals surface area contributed by atoms with E-state index < -0.39 is 0 Å². The first kappa shape index (κ1) is 15.5. The molecule has 2 N–H and O–H groups in total. The number of carbonyl (C=O) groups is 1. The van der Waals surface area contributed by atoms with E-state index in [2.05, 4.69) is 13.8 Å². The highest BCUT2D eigenvalue weighted by molar-refractivity contribution is 5.78. The van der Waals surface area contributed by atoms with E-state index in [0.29, 0.717) is 19.5 Å². The number of nitrogens with two attached hydrogens (primary N) is 1. The van der Waals surface area contributed by atoms with Gasteiger partial charge in [0.05, 0.1) is 13.5 Å². The minimum atomic E-state index is -0.0568. The number of likely N-dealkylation sites (N-methyl/N-ethyl adjacent to an activating group) is 1. The molecule has 0 unspecified atom stereocenters. The molecule has 0 aromatic heterocycles. The molecule has 1 aromatic carbocycles. The molecule has 1 amide bonds. The van der Waals surface area contributed by atoms with Gasteiger partial charge in [0.25, 0.3) is 0 Å². The molecule has 0 bridgehead atoms. The topological polar surface area (TPSA) is 55.6 Å². The van der Waals surface area contributed by atoms with Gasteiger partial charge in [-0.15, -0.1) is 0 Å². The van der Waals surface area contributed by atoms with Gasteiger partial charge < -0.3 is 15.4 Å². The Labute approximate surface area is 115 Å². The summed E-state index contributed by atoms with van der Waals surface area (Å²) in [5.74, 6) is 0.866. The third kappa shape index (κ3) is 4.91. The van der Waals surface area contributed by atoms with Crippen molar-refractivity contribution >= 4 is 5.91 Å². The first-order valence-electron chi connectivity index (χ1n) is 6.45. The van der Waals surface area contributed by atoms with E-state index in [4.69, 9.17) is 10.5 Å². The maximum atomic E-state index is 12.1. The van der Waals surface area contributed by atoms with Crippen molar-refractivity contribution in [3.63, 3.8) is 0 Å². The number of ether oxygens (including phenoxy) is 1. The van der Waals surface area contributed by atoms with Crippen LogP contribution in [-0.2, 0) is 11.2 Å². The zero-order chi connectivity index (χ0) is 14.5. The van der Waals surface area contributed by atoms with Crippen LogP contribution in [-0.4, -0.2) is 38.1 Å². The minimum absolute atomic E-state index is 0.0568. The van der Waals surface area contributed by atoms with Gasteiger partial charge in [0, 0.05) is 13.6 Å². The summed E-state index contributed by atoms with van der Waals surface area (Å²) in [4.78, 5) is 13.9. The molecule has 0 aliphatic heterocycles. The van der Waals surface area contributed by atoms with Crippen molar-refractivity contribution in [1.29, 1.82) is 0 Å². The molecule has 0 atom stereocenters. The molecule has 19 heavy (non-hydrogen) atoms. The van der Waals surface area contributed by atoms with Gasteiger partial charge in [0.2, 0.25) is 5.91 Å². The number of amides is 1. The van der Waals surface area contributed by atoms with Crippen LogP contribution in [0.4, 0.5) is 0 Å². The molecular formula is C15H24N2O2. The van der Waals surface area contributed by atoms with Crippen molar-refractivity contribution in [2.75, 3.05) is 27.2 Å². The highest BCUT2D eigenvalue weighted by Crippen LogP contribution is 2.16. The number of hydrogen-bond donors (Lipinski definition) is 1. The second-order valence-corrected chi connectivity index (χ2v) is 5.65. The molecular weight excluding hydrogens is 240 g/mol. The highest BCUT2D eigenvalue weighted by Gasteiger charge is 2.21. The van der Waals surface area contributed by atoms with Crippen LogP contribution in [0.3, 0.4) is 0 Å². The smallest absolute Gasteiger partial charge is 0.226 e. The maximum absolute atomic E-state index is 12.1. The van der Waals surface area contributed by atoms with Gasteiger partial charge in [-0.2, -0.15) is 0 Å². The summed E-state index contributed by atoms with van der Waals surface area (Å²) < 4.78 is 5.15. The summed E-state index contributed by atoms with van der Waals surface area (Å²) in [6, 6.07) is 7.59. The van der Waals surface area contributed by atoms with Crippen LogP contribution < -0.4 is 10.5 Å². The first-order chi connectivity index (χ1) is 8.88. The Kier molecular flexibility index (Phi) is 5.36. The molecule has 0 spiro atoms. The van der Waals surface area contributed by atoms with Crippen molar-refractivity contribution < 1.29 is 9.53 Å². The molecule has 4 nitrogen and oxygen atoms in total. The number of benzene rings is 1. The lowest BCUT2D eigenvalue weighted by molar-refractivity contribution is -0.130. The molecule has 106 valence electrons. The van der Waals surface area contributed by atoms with Gasteiger partial charge in [-0.25, -0.2) is 0 Å². The lowest BCUT2D eigenvalue weighted by Crippen LogP contribution is -2.40. The summed E-state index contributed by atoms with van der Waals surface area (Å²) in [6.07, 6.45) is 0.383. The zero-order valence-corrected chi connectivity index (χ0v) is 12.3. The monoisotopic (exact) mass is 264 g/mol. The van der Waals surface area contributed by atoms with Gasteiger partial charge in [-0.1, -0.05) is 26.0 Å². The number of nitrogens with zero attached hydrogens (tertiary/aromatic N) is 1. The Morgan fingerprint density at radius 2 is 2.11 bits per heavy atom. The van der Waals surface area contributed by atoms with E-state index in [9.17, 15) is 4.79 Å². The van der Waals surface area contributed by atoms with E-state index in [-0.39, 0.29) is 11.3 Å². The number of methoxy groups -OCH3 is 1. The third-order valence-corrected chi connectivity index (χ3v) is 3.13. The number of hydrogen-bond acceptors (Lipinski definition) is 3. The maximum Gasteiger partial charge on any atom is 0.226 e. The molecule has 1 aromatic rings. The van der Waals surface area contributed by atoms with E-state index >= 15 is 0 Å². The van der Waals surface area contributed by atoms with E-state index in [1.807, 2.05) is 31.3 Å². The van der Waals surface area contributed by atoms with Crippen LogP contribution in [0.15, 0.2) is 24.3 Å². The lowest BCUT2D eigenvalue weighted by Gasteiger charge is -2.29. The SMILES string of the molecule is COc1cccc(CC(=O)N(C)CC(C)(C)CN)c1. The fourth-order valence-corrected chi connectivity index (χ4v) is 1.89. The summed E-state index contributed by atoms with van der Waals surface area (Å²) in [7, 11) is 3.44. The summed E-state index contributed by atoms with van der Waals surface area (Å²) >= 11 is 0. The van der Waals surface area contributed by atoms with E-state index in [1.54, 1.807) is 12.0 Å². The molecule has 0 aliphatic carbocycles. The van der Waals surface area contributed by atoms with Crippen LogP contribution in [0.1, 0.15) is 19.4 Å². The normalized spacial score (nSPS) is 11.2. The Balaban J connectivity index is 2.63. The fourth-order valence-electron chi connectivity index (χ4n) is 1.89. The zero-order valence-electron chi connectivity index (χ0n) is 12.3. The molecule has 0 fully saturated rings. The summed E-state index contributed by atoms with van der Waals surface area (Å²) in [5.41, 5.74) is 6.59. The predicted octanol–water partition coefficient (Wildman–Crippen LogP) is 1.68. The van der Waals surface area contributed by atoms with Crippen molar-refractivity contribution in [1.82, 2.24) is 4.90 Å². The van der Waals surface area contributed by atoms with Crippen LogP contribution in [0.2, 0.25) is 0 Å². The van der Waals surface area contributed by atoms with Crippen LogP contribution in [0.25, 0.3) is 0 Å². The van der Waals surface area contributed by atoms with E-state index in [1.165, 1.54) is 0 Å². The molecule has 1 rings (SSSR count). The average Bonchev–Trinajstić information content (AvgIpc) is 2.38. The second-order valence-electron chi connectivity index (χ2n) is 5.65. The number of carbonyl (C=O) groups excluding carboxylic acids is 1. The molecule has 0 saturated heterocycles. The lowest BCUT2D eigenvalue weighted by atomic mass is 9.93. The summed E-state index contributed by atoms with van der Waals surface area (Å²) in [5, 5.41) is 0. The number of rotatable bonds is 6. The second kappa shape index (κ2) is 6.57. The predicted molar refractivity (Wildman–Crippen MR) is 77.2 cm³/mol. The Bertz CT molecular complexity index is 430. The molecule has 0 aliphatic rings. The van der Waals surface area contributed by atoms with Crippen molar-refractivity contribution in [2.45, 2.75) is 20.3 Å². The molecule has 0 heterocycles. The van der Waals surface area contributed by atoms with Gasteiger partial charge in [0.15, 0.2) is 0 Å². The Morgan fingerprint density at radius 3 is 2.68 bits per heavy atom. The molecule has 0 saturated carbocycles. The van der Waals surface area contributed by atoms with Crippen LogP contribution in [0.5, 0.6) is 5.75 Å². The minimum Gasteiger partial charge on any atom is -0.497 e. The van der Waals surface area contributed by atoms with Gasteiger partial charge in [-0.3, -0.25) is 4.79 Å². The Hall–Kier alpha value is -1.55. The van der Waals surface area contributed by atoms with Crippen molar-refractivity contribution in [3.05, 3.63) is 29.8 Å². The van der Waals surface area contributed by atoms with Crippen molar-refractivity contribution in [3.8, 4) is 5.75 Å². The fraction of sp³-hybridized carbons (Fsp3) is 0.533. The van der Waals surface area contributed by atoms with Crippen LogP contribution >= 0.6 is 0 Å². The van der Waals surface area contributed by atoms with Crippen LogP contribution in [0, 0.1) is 5.41 Å². The summed E-state index contributed by atoms with van der Waals surface area (Å²) in [6.45, 7) is 5.33. The molecule has 4 heteroatoms. The third-order valence-electron chi connectivity index (χ3n) is 3.13. The van der Waals surface area contributed by atoms with Gasteiger partial charge in [0.1, 0.15) is 5.75 Å². The van der Waals surface area contributed by atoms with E-state index in [0.717, 1.165) is 11.3 Å². The Morgan fingerprint density at radius 1 is 1.42 bits per heavy atom. The highest BCUT2D eigenvalue weighted by atomic mass is 16.5. The largest absolute Gasteiger partial charge is 0.497 e. The van der Waals surface area contributed by atoms with Crippen molar-refractivity contribution in [2.24, 2.45) is 11.1 Å². The van der Waals surface area contributed by atoms with Gasteiger partial charge >= 0.3 is 0 Å². The molecule has 0 radical (unpaired) electrons.